The third-order valence-corrected chi connectivity index (χ3v) is 1.13. The quantitative estimate of drug-likeness (QED) is 0.411. The highest BCUT2D eigenvalue weighted by molar-refractivity contribution is 6.35. The minimum absolute atomic E-state index is 0.875. The van der Waals surface area contributed by atoms with E-state index in [1.54, 1.807) is 0 Å². The standard InChI is InChI=1S/C5H12Si/c1-2-4-6-5-3-1/h1-6H2/i1D2,2D2,3D2,4D2,6D2. The van der Waals surface area contributed by atoms with Gasteiger partial charge < -0.3 is 0 Å². The second-order valence-electron chi connectivity index (χ2n) is 0.905. The van der Waals surface area contributed by atoms with Crippen molar-refractivity contribution >= 4 is 9.38 Å². The second-order valence-corrected chi connectivity index (χ2v) is 1.86. The first-order chi connectivity index (χ1) is 6.71. The smallest absolute Gasteiger partial charge is 0.0266 e. The molecule has 0 spiro atoms. The lowest BCUT2D eigenvalue weighted by molar-refractivity contribution is 0.734. The highest BCUT2D eigenvalue weighted by Crippen LogP contribution is 2.10. The van der Waals surface area contributed by atoms with Crippen molar-refractivity contribution in [3.8, 4) is 0 Å². The van der Waals surface area contributed by atoms with E-state index < -0.39 is 40.5 Å². The molecule has 0 aliphatic carbocycles. The molecule has 1 heterocycles. The minimum atomic E-state index is -4.33. The van der Waals surface area contributed by atoms with Crippen molar-refractivity contribution in [2.45, 2.75) is 31.2 Å². The molecule has 1 saturated heterocycles. The molecule has 0 atom stereocenters. The van der Waals surface area contributed by atoms with Gasteiger partial charge in [-0.05, 0) is 0 Å². The van der Waals surface area contributed by atoms with Gasteiger partial charge >= 0.3 is 0 Å². The van der Waals surface area contributed by atoms with E-state index in [1.807, 2.05) is 0 Å². The predicted octanol–water partition coefficient (Wildman–Crippen LogP) is 1.18. The number of rotatable bonds is 0. The molecule has 1 heteroatoms. The van der Waals surface area contributed by atoms with E-state index >= 15 is 0 Å². The largest absolute Gasteiger partial charge is 0.0628 e. The average Bonchev–Trinajstić information content (AvgIpc) is 1.98. The van der Waals surface area contributed by atoms with Gasteiger partial charge in [-0.15, -0.1) is 0 Å². The van der Waals surface area contributed by atoms with Crippen LogP contribution in [0.4, 0.5) is 0 Å². The van der Waals surface area contributed by atoms with Gasteiger partial charge in [-0.25, -0.2) is 0 Å². The Bertz CT molecular complexity index is 278. The van der Waals surface area contributed by atoms with Gasteiger partial charge in [0.05, 0.1) is 0 Å². The first-order valence-corrected chi connectivity index (χ1v) is 2.91. The summed E-state index contributed by atoms with van der Waals surface area (Å²) in [6.45, 7) is 0. The normalized spacial score (nSPS) is 90.7. The maximum atomic E-state index is 7.50. The van der Waals surface area contributed by atoms with Gasteiger partial charge in [0, 0.05) is 22.8 Å². The van der Waals surface area contributed by atoms with Gasteiger partial charge in [-0.2, -0.15) is 0 Å². The molecule has 0 unspecified atom stereocenters. The van der Waals surface area contributed by atoms with Crippen LogP contribution in [0.2, 0.25) is 12.0 Å². The lowest BCUT2D eigenvalue weighted by atomic mass is 10.3. The van der Waals surface area contributed by atoms with Gasteiger partial charge in [-0.3, -0.25) is 0 Å². The Morgan fingerprint density at radius 3 is 3.50 bits per heavy atom. The summed E-state index contributed by atoms with van der Waals surface area (Å²) < 4.78 is 74.3. The van der Waals surface area contributed by atoms with Crippen LogP contribution >= 0.6 is 0 Å². The molecule has 1 aliphatic rings. The summed E-state index contributed by atoms with van der Waals surface area (Å²) in [5.74, 6) is -2.95. The summed E-state index contributed by atoms with van der Waals surface area (Å²) >= 11 is 0. The molecular formula is C5H12Si. The molecule has 0 radical (unpaired) electrons. The molecule has 0 aromatic carbocycles. The van der Waals surface area contributed by atoms with Crippen LogP contribution in [-0.2, 0) is 0 Å². The molecule has 0 saturated carbocycles. The van der Waals surface area contributed by atoms with Crippen LogP contribution in [0.1, 0.15) is 30.1 Å². The van der Waals surface area contributed by atoms with Gasteiger partial charge in [0.15, 0.2) is 0 Å². The van der Waals surface area contributed by atoms with E-state index in [0.29, 0.717) is 0 Å². The molecule has 6 heavy (non-hydrogen) atoms. The Kier molecular flexibility index (Phi) is 0.257. The zero-order chi connectivity index (χ0) is 13.2. The SMILES string of the molecule is [2H]C1([2H])C[Si]([2H])([2H])C([2H])([2H])C([2H])([2H])C1([2H])[2H]. The fraction of sp³-hybridized carbons (Fsp3) is 1.00. The summed E-state index contributed by atoms with van der Waals surface area (Å²) in [5.41, 5.74) is 0. The Labute approximate surface area is 55.5 Å². The van der Waals surface area contributed by atoms with E-state index in [9.17, 15) is 0 Å². The first-order valence-electron chi connectivity index (χ1n) is 6.71. The topological polar surface area (TPSA) is 0 Å². The molecule has 1 fully saturated rings. The van der Waals surface area contributed by atoms with Crippen molar-refractivity contribution in [2.75, 3.05) is 0 Å². The molecule has 0 amide bonds. The Morgan fingerprint density at radius 2 is 2.50 bits per heavy atom. The molecule has 1 aliphatic heterocycles. The van der Waals surface area contributed by atoms with Crippen LogP contribution in [0.3, 0.4) is 0 Å². The highest BCUT2D eigenvalue weighted by Gasteiger charge is 1.96. The molecule has 1 rings (SSSR count). The molecule has 0 aromatic heterocycles. The fourth-order valence-electron chi connectivity index (χ4n) is 0.252. The van der Waals surface area contributed by atoms with Gasteiger partial charge in [-0.1, -0.05) is 31.2 Å². The van der Waals surface area contributed by atoms with Crippen LogP contribution in [-0.4, -0.2) is 11.9 Å². The number of hydrogen-bond acceptors (Lipinski definition) is 0. The van der Waals surface area contributed by atoms with Crippen molar-refractivity contribution in [3.63, 3.8) is 0 Å². The van der Waals surface area contributed by atoms with Crippen LogP contribution in [0.5, 0.6) is 0 Å². The van der Waals surface area contributed by atoms with Crippen molar-refractivity contribution < 1.29 is 11.0 Å². The molecule has 0 bridgehead atoms. The van der Waals surface area contributed by atoms with Crippen LogP contribution in [0.15, 0.2) is 0 Å². The van der Waals surface area contributed by atoms with Crippen molar-refractivity contribution in [1.29, 1.82) is 2.47 Å². The zero-order valence-corrected chi connectivity index (χ0v) is 4.21. The third kappa shape index (κ3) is 1.13. The van der Waals surface area contributed by atoms with Crippen LogP contribution in [0, 0.1) is 0 Å². The second kappa shape index (κ2) is 2.40. The molecule has 36 valence electrons. The molecule has 0 aromatic rings. The predicted molar refractivity (Wildman–Crippen MR) is 32.0 cm³/mol. The first kappa shape index (κ1) is 0.643. The van der Waals surface area contributed by atoms with Crippen LogP contribution in [0.25, 0.3) is 0 Å². The maximum absolute atomic E-state index is 7.50. The number of hydrogen-bond donors (Lipinski definition) is 0. The summed E-state index contributed by atoms with van der Waals surface area (Å²) in [4.78, 5) is 0. The van der Waals surface area contributed by atoms with E-state index in [1.165, 1.54) is 0 Å². The lowest BCUT2D eigenvalue weighted by Gasteiger charge is -2.04. The van der Waals surface area contributed by atoms with E-state index in [2.05, 4.69) is 0 Å². The van der Waals surface area contributed by atoms with E-state index in [4.69, 9.17) is 13.4 Å². The minimum Gasteiger partial charge on any atom is -0.0628 e. The average molecular weight is 110 g/mol. The Morgan fingerprint density at radius 1 is 1.50 bits per heavy atom. The maximum Gasteiger partial charge on any atom is 0.0266 e. The van der Waals surface area contributed by atoms with E-state index in [-0.39, 0.29) is 0 Å². The Hall–Kier alpha value is 0.217. The fourth-order valence-corrected chi connectivity index (χ4v) is 0.668. The van der Waals surface area contributed by atoms with Crippen LogP contribution < -0.4 is 0 Å². The molecular weight excluding hydrogens is 88.1 g/mol. The van der Waals surface area contributed by atoms with Gasteiger partial charge in [0.2, 0.25) is 0 Å². The Balaban J connectivity index is 3.43. The summed E-state index contributed by atoms with van der Waals surface area (Å²) in [6, 6.07) is -0.875. The van der Waals surface area contributed by atoms with Gasteiger partial charge in [0.1, 0.15) is 0 Å². The highest BCUT2D eigenvalue weighted by atomic mass is 28.2. The van der Waals surface area contributed by atoms with Crippen molar-refractivity contribution in [1.82, 2.24) is 0 Å². The van der Waals surface area contributed by atoms with Crippen molar-refractivity contribution in [2.24, 2.45) is 0 Å². The zero-order valence-electron chi connectivity index (χ0n) is 13.2. The lowest BCUT2D eigenvalue weighted by Crippen LogP contribution is -1.94. The van der Waals surface area contributed by atoms with Crippen molar-refractivity contribution in [3.05, 3.63) is 0 Å². The monoisotopic (exact) mass is 110 g/mol. The van der Waals surface area contributed by atoms with E-state index in [0.717, 1.165) is 0 Å². The summed E-state index contributed by atoms with van der Waals surface area (Å²) in [6.07, 6.45) is -8.93. The van der Waals surface area contributed by atoms with Gasteiger partial charge in [0.25, 0.3) is 0 Å². The molecule has 0 N–H and O–H groups in total. The third-order valence-electron chi connectivity index (χ3n) is 0.479. The molecule has 0 nitrogen and oxygen atoms in total. The summed E-state index contributed by atoms with van der Waals surface area (Å²) in [7, 11) is -4.33. The summed E-state index contributed by atoms with van der Waals surface area (Å²) in [5, 5.41) is 0.